The van der Waals surface area contributed by atoms with Crippen LogP contribution < -0.4 is 11.1 Å². The molecule has 2 aromatic rings. The summed E-state index contributed by atoms with van der Waals surface area (Å²) in [6.07, 6.45) is 1.57. The van der Waals surface area contributed by atoms with Crippen LogP contribution in [0.25, 0.3) is 0 Å². The fourth-order valence-electron chi connectivity index (χ4n) is 1.52. The van der Waals surface area contributed by atoms with Gasteiger partial charge in [0.05, 0.1) is 23.3 Å². The molecular formula is C10H14N6O. The van der Waals surface area contributed by atoms with Gasteiger partial charge in [0.15, 0.2) is 0 Å². The zero-order chi connectivity index (χ0) is 12.4. The molecule has 0 aromatic carbocycles. The van der Waals surface area contributed by atoms with E-state index in [9.17, 15) is 4.79 Å². The molecule has 0 unspecified atom stereocenters. The SMILES string of the molecule is Cc1nn(CC(=O)Nc2ccn[nH]2)c(C)c1N. The van der Waals surface area contributed by atoms with Crippen molar-refractivity contribution in [3.8, 4) is 0 Å². The second kappa shape index (κ2) is 4.28. The summed E-state index contributed by atoms with van der Waals surface area (Å²) in [7, 11) is 0. The van der Waals surface area contributed by atoms with E-state index in [4.69, 9.17) is 5.73 Å². The molecule has 2 aromatic heterocycles. The van der Waals surface area contributed by atoms with E-state index in [1.165, 1.54) is 0 Å². The number of rotatable bonds is 3. The van der Waals surface area contributed by atoms with Crippen molar-refractivity contribution in [2.75, 3.05) is 11.1 Å². The van der Waals surface area contributed by atoms with Crippen molar-refractivity contribution in [1.29, 1.82) is 0 Å². The molecule has 90 valence electrons. The summed E-state index contributed by atoms with van der Waals surface area (Å²) in [4.78, 5) is 11.7. The molecule has 2 heterocycles. The molecule has 0 saturated carbocycles. The lowest BCUT2D eigenvalue weighted by molar-refractivity contribution is -0.117. The first-order valence-electron chi connectivity index (χ1n) is 5.16. The molecule has 0 radical (unpaired) electrons. The average Bonchev–Trinajstić information content (AvgIpc) is 2.85. The standard InChI is InChI=1S/C10H14N6O/c1-6-10(11)7(2)16(15-6)5-9(17)13-8-3-4-12-14-8/h3-4H,5,11H2,1-2H3,(H2,12,13,14,17). The number of amides is 1. The van der Waals surface area contributed by atoms with Crippen LogP contribution in [0.2, 0.25) is 0 Å². The van der Waals surface area contributed by atoms with Gasteiger partial charge >= 0.3 is 0 Å². The molecular weight excluding hydrogens is 220 g/mol. The molecule has 1 amide bonds. The number of H-pyrrole nitrogens is 1. The Morgan fingerprint density at radius 3 is 2.88 bits per heavy atom. The molecule has 0 aliphatic rings. The first kappa shape index (κ1) is 11.2. The van der Waals surface area contributed by atoms with Gasteiger partial charge in [0.25, 0.3) is 0 Å². The van der Waals surface area contributed by atoms with E-state index >= 15 is 0 Å². The number of carbonyl (C=O) groups is 1. The minimum Gasteiger partial charge on any atom is -0.396 e. The molecule has 0 bridgehead atoms. The lowest BCUT2D eigenvalue weighted by atomic mass is 10.3. The topological polar surface area (TPSA) is 102 Å². The highest BCUT2D eigenvalue weighted by Gasteiger charge is 2.11. The number of nitrogen functional groups attached to an aromatic ring is 1. The van der Waals surface area contributed by atoms with Gasteiger partial charge in [-0.1, -0.05) is 0 Å². The van der Waals surface area contributed by atoms with Crippen molar-refractivity contribution in [2.45, 2.75) is 20.4 Å². The van der Waals surface area contributed by atoms with E-state index < -0.39 is 0 Å². The third kappa shape index (κ3) is 2.27. The summed E-state index contributed by atoms with van der Waals surface area (Å²) in [5.74, 6) is 0.379. The molecule has 0 fully saturated rings. The van der Waals surface area contributed by atoms with Crippen molar-refractivity contribution < 1.29 is 4.79 Å². The highest BCUT2D eigenvalue weighted by Crippen LogP contribution is 2.14. The Labute approximate surface area is 98.0 Å². The number of nitrogens with zero attached hydrogens (tertiary/aromatic N) is 3. The van der Waals surface area contributed by atoms with Gasteiger partial charge in [-0.15, -0.1) is 0 Å². The second-order valence-corrected chi connectivity index (χ2v) is 3.76. The molecule has 2 rings (SSSR count). The first-order chi connectivity index (χ1) is 8.08. The van der Waals surface area contributed by atoms with Crippen LogP contribution in [0.15, 0.2) is 12.3 Å². The Morgan fingerprint density at radius 1 is 1.59 bits per heavy atom. The fourth-order valence-corrected chi connectivity index (χ4v) is 1.52. The molecule has 0 aliphatic carbocycles. The zero-order valence-electron chi connectivity index (χ0n) is 9.69. The van der Waals surface area contributed by atoms with Gasteiger partial charge in [-0.3, -0.25) is 14.6 Å². The number of hydrogen-bond donors (Lipinski definition) is 3. The van der Waals surface area contributed by atoms with E-state index in [0.29, 0.717) is 11.5 Å². The van der Waals surface area contributed by atoms with Crippen molar-refractivity contribution in [3.63, 3.8) is 0 Å². The summed E-state index contributed by atoms with van der Waals surface area (Å²) < 4.78 is 1.58. The molecule has 17 heavy (non-hydrogen) atoms. The van der Waals surface area contributed by atoms with Crippen molar-refractivity contribution >= 4 is 17.4 Å². The van der Waals surface area contributed by atoms with Crippen LogP contribution in [0.3, 0.4) is 0 Å². The molecule has 0 atom stereocenters. The normalized spacial score (nSPS) is 10.5. The van der Waals surface area contributed by atoms with Crippen LogP contribution in [-0.2, 0) is 11.3 Å². The van der Waals surface area contributed by atoms with Gasteiger partial charge in [0.2, 0.25) is 5.91 Å². The number of anilines is 2. The Hall–Kier alpha value is -2.31. The van der Waals surface area contributed by atoms with Crippen LogP contribution in [0, 0.1) is 13.8 Å². The number of aryl methyl sites for hydroxylation is 1. The largest absolute Gasteiger partial charge is 0.396 e. The van der Waals surface area contributed by atoms with Gasteiger partial charge in [-0.2, -0.15) is 10.2 Å². The number of aromatic amines is 1. The second-order valence-electron chi connectivity index (χ2n) is 3.76. The van der Waals surface area contributed by atoms with Crippen molar-refractivity contribution in [1.82, 2.24) is 20.0 Å². The van der Waals surface area contributed by atoms with Crippen LogP contribution in [0.4, 0.5) is 11.5 Å². The highest BCUT2D eigenvalue weighted by atomic mass is 16.2. The van der Waals surface area contributed by atoms with Crippen molar-refractivity contribution in [3.05, 3.63) is 23.7 Å². The predicted molar refractivity (Wildman–Crippen MR) is 63.3 cm³/mol. The Morgan fingerprint density at radius 2 is 2.35 bits per heavy atom. The Balaban J connectivity index is 2.06. The number of aromatic nitrogens is 4. The minimum absolute atomic E-state index is 0.128. The maximum Gasteiger partial charge on any atom is 0.247 e. The van der Waals surface area contributed by atoms with Crippen LogP contribution in [-0.4, -0.2) is 25.9 Å². The van der Waals surface area contributed by atoms with E-state index in [-0.39, 0.29) is 12.5 Å². The Bertz CT molecular complexity index is 527. The maximum atomic E-state index is 11.7. The molecule has 7 nitrogen and oxygen atoms in total. The van der Waals surface area contributed by atoms with Gasteiger partial charge in [-0.25, -0.2) is 0 Å². The summed E-state index contributed by atoms with van der Waals surface area (Å²) in [6.45, 7) is 3.77. The smallest absolute Gasteiger partial charge is 0.247 e. The number of hydrogen-bond acceptors (Lipinski definition) is 4. The number of carbonyl (C=O) groups excluding carboxylic acids is 1. The lowest BCUT2D eigenvalue weighted by Gasteiger charge is -2.04. The average molecular weight is 234 g/mol. The van der Waals surface area contributed by atoms with Crippen LogP contribution >= 0.6 is 0 Å². The summed E-state index contributed by atoms with van der Waals surface area (Å²) in [5.41, 5.74) is 7.93. The van der Waals surface area contributed by atoms with Gasteiger partial charge < -0.3 is 11.1 Å². The summed E-state index contributed by atoms with van der Waals surface area (Å²) in [6, 6.07) is 1.67. The molecule has 0 spiro atoms. The summed E-state index contributed by atoms with van der Waals surface area (Å²) >= 11 is 0. The number of nitrogens with two attached hydrogens (primary N) is 1. The predicted octanol–water partition coefficient (Wildman–Crippen LogP) is 0.444. The third-order valence-electron chi connectivity index (χ3n) is 2.51. The molecule has 7 heteroatoms. The third-order valence-corrected chi connectivity index (χ3v) is 2.51. The maximum absolute atomic E-state index is 11.7. The first-order valence-corrected chi connectivity index (χ1v) is 5.16. The van der Waals surface area contributed by atoms with E-state index in [2.05, 4.69) is 20.6 Å². The van der Waals surface area contributed by atoms with E-state index in [1.807, 2.05) is 13.8 Å². The molecule has 0 saturated heterocycles. The highest BCUT2D eigenvalue weighted by molar-refractivity contribution is 5.89. The van der Waals surface area contributed by atoms with Gasteiger partial charge in [-0.05, 0) is 13.8 Å². The Kier molecular flexibility index (Phi) is 2.82. The lowest BCUT2D eigenvalue weighted by Crippen LogP contribution is -2.20. The molecule has 0 aliphatic heterocycles. The molecule has 4 N–H and O–H groups in total. The minimum atomic E-state index is -0.181. The van der Waals surface area contributed by atoms with Crippen LogP contribution in [0.5, 0.6) is 0 Å². The van der Waals surface area contributed by atoms with E-state index in [0.717, 1.165) is 11.4 Å². The van der Waals surface area contributed by atoms with E-state index in [1.54, 1.807) is 16.9 Å². The fraction of sp³-hybridized carbons (Fsp3) is 0.300. The number of nitrogens with one attached hydrogen (secondary N) is 2. The summed E-state index contributed by atoms with van der Waals surface area (Å²) in [5, 5.41) is 13.2. The quantitative estimate of drug-likeness (QED) is 0.717. The van der Waals surface area contributed by atoms with Crippen LogP contribution in [0.1, 0.15) is 11.4 Å². The van der Waals surface area contributed by atoms with Crippen molar-refractivity contribution in [2.24, 2.45) is 0 Å². The monoisotopic (exact) mass is 234 g/mol. The van der Waals surface area contributed by atoms with Gasteiger partial charge in [0, 0.05) is 6.07 Å². The zero-order valence-corrected chi connectivity index (χ0v) is 9.69. The van der Waals surface area contributed by atoms with Gasteiger partial charge in [0.1, 0.15) is 12.4 Å².